The molecule has 6 nitrogen and oxygen atoms in total. The van der Waals surface area contributed by atoms with Crippen LogP contribution < -0.4 is 9.47 Å². The van der Waals surface area contributed by atoms with Crippen LogP contribution >= 0.6 is 11.8 Å². The molecule has 0 radical (unpaired) electrons. The van der Waals surface area contributed by atoms with Crippen molar-refractivity contribution in [1.82, 2.24) is 4.98 Å². The van der Waals surface area contributed by atoms with Gasteiger partial charge in [0.2, 0.25) is 5.89 Å². The zero-order valence-electron chi connectivity index (χ0n) is 18.4. The smallest absolute Gasteiger partial charge is 0.343 e. The maximum atomic E-state index is 13.2. The molecule has 3 aromatic carbocycles. The van der Waals surface area contributed by atoms with E-state index in [4.69, 9.17) is 13.9 Å². The van der Waals surface area contributed by atoms with Crippen LogP contribution in [0.4, 0.5) is 4.39 Å². The predicted octanol–water partition coefficient (Wildman–Crippen LogP) is 5.80. The van der Waals surface area contributed by atoms with Crippen molar-refractivity contribution in [3.63, 3.8) is 0 Å². The summed E-state index contributed by atoms with van der Waals surface area (Å²) in [5, 5.41) is 0. The van der Waals surface area contributed by atoms with Gasteiger partial charge in [0.15, 0.2) is 12.2 Å². The van der Waals surface area contributed by atoms with Crippen molar-refractivity contribution >= 4 is 28.8 Å². The van der Waals surface area contributed by atoms with Crippen molar-refractivity contribution < 1.29 is 27.8 Å². The molecule has 0 atom stereocenters. The van der Waals surface area contributed by atoms with E-state index in [1.54, 1.807) is 37.1 Å². The first kappa shape index (κ1) is 22.7. The summed E-state index contributed by atoms with van der Waals surface area (Å²) >= 11 is 1.62. The molecule has 4 rings (SSSR count). The van der Waals surface area contributed by atoms with E-state index in [0.717, 1.165) is 27.1 Å². The quantitative estimate of drug-likeness (QED) is 0.240. The normalized spacial score (nSPS) is 10.9. The van der Waals surface area contributed by atoms with E-state index in [-0.39, 0.29) is 12.4 Å². The second kappa shape index (κ2) is 9.95. The molecule has 0 aliphatic heterocycles. The molecule has 0 unspecified atom stereocenters. The van der Waals surface area contributed by atoms with Crippen molar-refractivity contribution in [2.75, 3.05) is 20.8 Å². The number of thioether (sulfide) groups is 1. The lowest BCUT2D eigenvalue weighted by atomic mass is 10.2. The number of esters is 1. The number of hydrogen-bond donors (Lipinski definition) is 0. The third-order valence-corrected chi connectivity index (χ3v) is 6.08. The van der Waals surface area contributed by atoms with Crippen molar-refractivity contribution in [2.24, 2.45) is 0 Å². The molecule has 170 valence electrons. The SMILES string of the molecule is COC(=O)COc1cc(OC)c(SCc2ccc3oc(-c4ccc(F)cc4)nc3c2)cc1C. The molecule has 1 heterocycles. The maximum absolute atomic E-state index is 13.2. The van der Waals surface area contributed by atoms with E-state index in [9.17, 15) is 9.18 Å². The Morgan fingerprint density at radius 3 is 2.58 bits per heavy atom. The van der Waals surface area contributed by atoms with Crippen LogP contribution in [0.15, 0.2) is 63.9 Å². The molecule has 0 saturated heterocycles. The van der Waals surface area contributed by atoms with E-state index in [1.807, 2.05) is 31.2 Å². The van der Waals surface area contributed by atoms with Gasteiger partial charge in [-0.1, -0.05) is 6.07 Å². The number of methoxy groups -OCH3 is 2. The van der Waals surface area contributed by atoms with Gasteiger partial charge in [-0.05, 0) is 60.5 Å². The minimum Gasteiger partial charge on any atom is -0.495 e. The minimum absolute atomic E-state index is 0.162. The lowest BCUT2D eigenvalue weighted by molar-refractivity contribution is -0.142. The van der Waals surface area contributed by atoms with Crippen LogP contribution in [0.5, 0.6) is 11.5 Å². The number of halogens is 1. The van der Waals surface area contributed by atoms with Crippen LogP contribution in [0.3, 0.4) is 0 Å². The van der Waals surface area contributed by atoms with Crippen LogP contribution in [-0.2, 0) is 15.3 Å². The Bertz CT molecular complexity index is 1290. The summed E-state index contributed by atoms with van der Waals surface area (Å²) in [6, 6.07) is 15.6. The zero-order valence-corrected chi connectivity index (χ0v) is 19.2. The molecule has 0 fully saturated rings. The summed E-state index contributed by atoms with van der Waals surface area (Å²) in [6.07, 6.45) is 0. The highest BCUT2D eigenvalue weighted by Gasteiger charge is 2.13. The first-order valence-corrected chi connectivity index (χ1v) is 11.1. The van der Waals surface area contributed by atoms with Gasteiger partial charge in [-0.3, -0.25) is 0 Å². The first-order chi connectivity index (χ1) is 16.0. The third kappa shape index (κ3) is 5.28. The van der Waals surface area contributed by atoms with Crippen LogP contribution in [0.25, 0.3) is 22.6 Å². The fraction of sp³-hybridized carbons (Fsp3) is 0.200. The number of ether oxygens (including phenoxy) is 3. The predicted molar refractivity (Wildman–Crippen MR) is 124 cm³/mol. The molecule has 0 saturated carbocycles. The summed E-state index contributed by atoms with van der Waals surface area (Å²) in [5.41, 5.74) is 4.08. The van der Waals surface area contributed by atoms with Crippen molar-refractivity contribution in [1.29, 1.82) is 0 Å². The Morgan fingerprint density at radius 2 is 1.85 bits per heavy atom. The largest absolute Gasteiger partial charge is 0.495 e. The monoisotopic (exact) mass is 467 g/mol. The second-order valence-electron chi connectivity index (χ2n) is 7.25. The molecule has 1 aromatic heterocycles. The van der Waals surface area contributed by atoms with Gasteiger partial charge in [-0.2, -0.15) is 0 Å². The van der Waals surface area contributed by atoms with E-state index >= 15 is 0 Å². The van der Waals surface area contributed by atoms with Gasteiger partial charge in [-0.25, -0.2) is 14.2 Å². The Hall–Kier alpha value is -3.52. The summed E-state index contributed by atoms with van der Waals surface area (Å²) < 4.78 is 34.7. The number of aryl methyl sites for hydroxylation is 1. The number of nitrogens with zero attached hydrogens (tertiary/aromatic N) is 1. The van der Waals surface area contributed by atoms with Gasteiger partial charge in [-0.15, -0.1) is 11.8 Å². The van der Waals surface area contributed by atoms with Crippen LogP contribution in [0.2, 0.25) is 0 Å². The van der Waals surface area contributed by atoms with Crippen molar-refractivity contribution in [3.8, 4) is 23.0 Å². The number of carbonyl (C=O) groups is 1. The van der Waals surface area contributed by atoms with Gasteiger partial charge in [0.25, 0.3) is 0 Å². The average Bonchev–Trinajstić information content (AvgIpc) is 3.25. The second-order valence-corrected chi connectivity index (χ2v) is 8.27. The van der Waals surface area contributed by atoms with Gasteiger partial charge >= 0.3 is 5.97 Å². The van der Waals surface area contributed by atoms with Gasteiger partial charge in [0.05, 0.1) is 19.1 Å². The molecule has 0 spiro atoms. The summed E-state index contributed by atoms with van der Waals surface area (Å²) in [5.74, 6) is 1.62. The van der Waals surface area contributed by atoms with Crippen LogP contribution in [0.1, 0.15) is 11.1 Å². The van der Waals surface area contributed by atoms with E-state index in [0.29, 0.717) is 28.7 Å². The molecule has 0 aliphatic carbocycles. The van der Waals surface area contributed by atoms with Crippen molar-refractivity contribution in [3.05, 3.63) is 71.5 Å². The Labute approximate surface area is 194 Å². The van der Waals surface area contributed by atoms with Gasteiger partial charge < -0.3 is 18.6 Å². The number of fused-ring (bicyclic) bond motifs is 1. The highest BCUT2D eigenvalue weighted by atomic mass is 32.2. The standard InChI is InChI=1S/C25H22FNO5S/c1-15-10-23(22(29-2)12-21(15)31-13-24(28)30-3)33-14-16-4-9-20-19(11-16)27-25(32-20)17-5-7-18(26)8-6-17/h4-12H,13-14H2,1-3H3. The number of hydrogen-bond acceptors (Lipinski definition) is 7. The lowest BCUT2D eigenvalue weighted by Crippen LogP contribution is -2.13. The number of rotatable bonds is 8. The number of aromatic nitrogens is 1. The summed E-state index contributed by atoms with van der Waals surface area (Å²) in [7, 11) is 2.91. The number of carbonyl (C=O) groups excluding carboxylic acids is 1. The first-order valence-electron chi connectivity index (χ1n) is 10.1. The van der Waals surface area contributed by atoms with Gasteiger partial charge in [0.1, 0.15) is 22.8 Å². The van der Waals surface area contributed by atoms with E-state index in [2.05, 4.69) is 9.72 Å². The maximum Gasteiger partial charge on any atom is 0.343 e. The minimum atomic E-state index is -0.447. The third-order valence-electron chi connectivity index (χ3n) is 4.97. The molecule has 0 aliphatic rings. The Kier molecular flexibility index (Phi) is 6.84. The topological polar surface area (TPSA) is 70.8 Å². The van der Waals surface area contributed by atoms with E-state index in [1.165, 1.54) is 19.2 Å². The van der Waals surface area contributed by atoms with Gasteiger partial charge in [0, 0.05) is 17.4 Å². The highest BCUT2D eigenvalue weighted by molar-refractivity contribution is 7.98. The van der Waals surface area contributed by atoms with Crippen molar-refractivity contribution in [2.45, 2.75) is 17.6 Å². The molecule has 0 N–H and O–H groups in total. The average molecular weight is 468 g/mol. The molecular formula is C25H22FNO5S. The number of oxazole rings is 1. The molecule has 0 bridgehead atoms. The molecule has 0 amide bonds. The molecule has 33 heavy (non-hydrogen) atoms. The highest BCUT2D eigenvalue weighted by Crippen LogP contribution is 2.37. The van der Waals surface area contributed by atoms with Crippen LogP contribution in [0, 0.1) is 12.7 Å². The summed E-state index contributed by atoms with van der Waals surface area (Å²) in [6.45, 7) is 1.75. The lowest BCUT2D eigenvalue weighted by Gasteiger charge is -2.14. The fourth-order valence-electron chi connectivity index (χ4n) is 3.21. The molecule has 4 aromatic rings. The van der Waals surface area contributed by atoms with E-state index < -0.39 is 5.97 Å². The zero-order chi connectivity index (χ0) is 23.4. The Morgan fingerprint density at radius 1 is 1.06 bits per heavy atom. The summed E-state index contributed by atoms with van der Waals surface area (Å²) in [4.78, 5) is 16.9. The Balaban J connectivity index is 1.50. The number of benzene rings is 3. The fourth-order valence-corrected chi connectivity index (χ4v) is 4.25. The van der Waals surface area contributed by atoms with Crippen LogP contribution in [-0.4, -0.2) is 31.8 Å². The molecular weight excluding hydrogens is 445 g/mol. The molecule has 8 heteroatoms.